The lowest BCUT2D eigenvalue weighted by atomic mass is 10.1. The maximum Gasteiger partial charge on any atom is 0.328 e. The second kappa shape index (κ2) is 6.00. The second-order valence-corrected chi connectivity index (χ2v) is 3.68. The fraction of sp³-hybridized carbons (Fsp3) is 0.333. The molecule has 0 aliphatic carbocycles. The Morgan fingerprint density at radius 3 is 2.78 bits per heavy atom. The van der Waals surface area contributed by atoms with Crippen LogP contribution < -0.4 is 11.1 Å². The zero-order chi connectivity index (χ0) is 13.7. The van der Waals surface area contributed by atoms with Crippen molar-refractivity contribution < 1.29 is 18.7 Å². The van der Waals surface area contributed by atoms with Crippen LogP contribution in [-0.2, 0) is 9.53 Å². The fourth-order valence-electron chi connectivity index (χ4n) is 1.33. The Kier molecular flexibility index (Phi) is 4.65. The topological polar surface area (TPSA) is 81.4 Å². The number of rotatable bonds is 4. The minimum absolute atomic E-state index is 0.00820. The molecule has 6 heteroatoms. The van der Waals surface area contributed by atoms with E-state index in [-0.39, 0.29) is 17.9 Å². The first-order chi connectivity index (χ1) is 8.45. The summed E-state index contributed by atoms with van der Waals surface area (Å²) in [6.45, 7) is 3.36. The largest absolute Gasteiger partial charge is 0.464 e. The summed E-state index contributed by atoms with van der Waals surface area (Å²) in [6, 6.07) is 2.64. The average molecular weight is 254 g/mol. The average Bonchev–Trinajstić information content (AvgIpc) is 2.32. The first-order valence-corrected chi connectivity index (χ1v) is 5.48. The van der Waals surface area contributed by atoms with Gasteiger partial charge in [-0.25, -0.2) is 9.18 Å². The van der Waals surface area contributed by atoms with E-state index in [4.69, 9.17) is 10.5 Å². The van der Waals surface area contributed by atoms with E-state index in [1.165, 1.54) is 13.0 Å². The number of nitrogen functional groups attached to an aromatic ring is 1. The van der Waals surface area contributed by atoms with E-state index in [0.717, 1.165) is 12.1 Å². The monoisotopic (exact) mass is 254 g/mol. The third kappa shape index (κ3) is 3.44. The molecule has 0 fully saturated rings. The van der Waals surface area contributed by atoms with Gasteiger partial charge in [0.1, 0.15) is 11.9 Å². The van der Waals surface area contributed by atoms with Gasteiger partial charge in [-0.3, -0.25) is 4.79 Å². The smallest absolute Gasteiger partial charge is 0.328 e. The van der Waals surface area contributed by atoms with E-state index >= 15 is 0 Å². The molecule has 0 saturated carbocycles. The molecular weight excluding hydrogens is 239 g/mol. The van der Waals surface area contributed by atoms with Crippen LogP contribution in [0.5, 0.6) is 0 Å². The number of hydrogen-bond acceptors (Lipinski definition) is 4. The van der Waals surface area contributed by atoms with Crippen molar-refractivity contribution in [2.24, 2.45) is 0 Å². The van der Waals surface area contributed by atoms with Crippen LogP contribution >= 0.6 is 0 Å². The summed E-state index contributed by atoms with van der Waals surface area (Å²) >= 11 is 0. The number of nitrogens with one attached hydrogen (secondary N) is 1. The van der Waals surface area contributed by atoms with Crippen molar-refractivity contribution in [3.05, 3.63) is 29.6 Å². The molecule has 1 aromatic rings. The van der Waals surface area contributed by atoms with Crippen molar-refractivity contribution >= 4 is 17.6 Å². The summed E-state index contributed by atoms with van der Waals surface area (Å²) in [7, 11) is 0. The molecule has 1 unspecified atom stereocenters. The first kappa shape index (κ1) is 14.0. The van der Waals surface area contributed by atoms with Crippen LogP contribution in [0.15, 0.2) is 18.2 Å². The Labute approximate surface area is 104 Å². The van der Waals surface area contributed by atoms with Gasteiger partial charge in [-0.05, 0) is 32.0 Å². The third-order valence-corrected chi connectivity index (χ3v) is 2.25. The van der Waals surface area contributed by atoms with Crippen molar-refractivity contribution in [2.75, 3.05) is 12.3 Å². The standard InChI is InChI=1S/C12H15FN2O3/c1-3-18-12(17)7(2)15-11(16)9-6-8(13)4-5-10(9)14/h4-7H,3,14H2,1-2H3,(H,15,16). The molecule has 1 atom stereocenters. The van der Waals surface area contributed by atoms with Gasteiger partial charge in [0.25, 0.3) is 5.91 Å². The third-order valence-electron chi connectivity index (χ3n) is 2.25. The molecule has 18 heavy (non-hydrogen) atoms. The second-order valence-electron chi connectivity index (χ2n) is 3.68. The molecule has 0 heterocycles. The molecule has 0 aliphatic heterocycles. The number of benzene rings is 1. The molecule has 0 bridgehead atoms. The number of nitrogens with two attached hydrogens (primary N) is 1. The van der Waals surface area contributed by atoms with Gasteiger partial charge < -0.3 is 15.8 Å². The van der Waals surface area contributed by atoms with E-state index in [1.54, 1.807) is 6.92 Å². The van der Waals surface area contributed by atoms with Crippen LogP contribution in [0.25, 0.3) is 0 Å². The summed E-state index contributed by atoms with van der Waals surface area (Å²) < 4.78 is 17.7. The van der Waals surface area contributed by atoms with Crippen LogP contribution in [0, 0.1) is 5.82 Å². The highest BCUT2D eigenvalue weighted by atomic mass is 19.1. The van der Waals surface area contributed by atoms with Crippen molar-refractivity contribution in [2.45, 2.75) is 19.9 Å². The van der Waals surface area contributed by atoms with E-state index < -0.39 is 23.7 Å². The van der Waals surface area contributed by atoms with E-state index in [2.05, 4.69) is 5.32 Å². The number of carbonyl (C=O) groups excluding carboxylic acids is 2. The predicted octanol–water partition coefficient (Wildman–Crippen LogP) is 1.09. The van der Waals surface area contributed by atoms with E-state index in [1.807, 2.05) is 0 Å². The molecule has 98 valence electrons. The highest BCUT2D eigenvalue weighted by Crippen LogP contribution is 2.13. The number of ether oxygens (including phenoxy) is 1. The molecule has 1 amide bonds. The number of esters is 1. The van der Waals surface area contributed by atoms with Gasteiger partial charge >= 0.3 is 5.97 Å². The highest BCUT2D eigenvalue weighted by Gasteiger charge is 2.19. The lowest BCUT2D eigenvalue weighted by Gasteiger charge is -2.13. The SMILES string of the molecule is CCOC(=O)C(C)NC(=O)c1cc(F)ccc1N. The van der Waals surface area contributed by atoms with Gasteiger partial charge in [0, 0.05) is 5.69 Å². The fourth-order valence-corrected chi connectivity index (χ4v) is 1.33. The molecule has 1 rings (SSSR count). The van der Waals surface area contributed by atoms with Crippen molar-refractivity contribution in [1.82, 2.24) is 5.32 Å². The predicted molar refractivity (Wildman–Crippen MR) is 64.4 cm³/mol. The maximum atomic E-state index is 13.0. The summed E-state index contributed by atoms with van der Waals surface area (Å²) in [4.78, 5) is 23.1. The van der Waals surface area contributed by atoms with Crippen molar-refractivity contribution in [3.63, 3.8) is 0 Å². The van der Waals surface area contributed by atoms with Gasteiger partial charge in [0.05, 0.1) is 12.2 Å². The number of halogens is 1. The molecule has 0 aromatic heterocycles. The molecule has 5 nitrogen and oxygen atoms in total. The molecule has 3 N–H and O–H groups in total. The molecule has 0 saturated heterocycles. The Morgan fingerprint density at radius 2 is 2.17 bits per heavy atom. The number of hydrogen-bond donors (Lipinski definition) is 2. The van der Waals surface area contributed by atoms with Crippen molar-refractivity contribution in [3.8, 4) is 0 Å². The van der Waals surface area contributed by atoms with Gasteiger partial charge in [-0.15, -0.1) is 0 Å². The quantitative estimate of drug-likeness (QED) is 0.622. The van der Waals surface area contributed by atoms with Gasteiger partial charge in [0.2, 0.25) is 0 Å². The summed E-state index contributed by atoms with van der Waals surface area (Å²) in [5.41, 5.74) is 5.69. The normalized spacial score (nSPS) is 11.7. The molecule has 0 spiro atoms. The Morgan fingerprint density at radius 1 is 1.50 bits per heavy atom. The number of carbonyl (C=O) groups is 2. The van der Waals surface area contributed by atoms with Crippen LogP contribution in [0.2, 0.25) is 0 Å². The van der Waals surface area contributed by atoms with Gasteiger partial charge in [-0.1, -0.05) is 0 Å². The Balaban J connectivity index is 2.76. The number of amides is 1. The zero-order valence-corrected chi connectivity index (χ0v) is 10.2. The van der Waals surface area contributed by atoms with Crippen LogP contribution in [0.3, 0.4) is 0 Å². The van der Waals surface area contributed by atoms with Gasteiger partial charge in [-0.2, -0.15) is 0 Å². The summed E-state index contributed by atoms with van der Waals surface area (Å²) in [6.07, 6.45) is 0. The molecule has 0 radical (unpaired) electrons. The number of anilines is 1. The van der Waals surface area contributed by atoms with Crippen molar-refractivity contribution in [1.29, 1.82) is 0 Å². The summed E-state index contributed by atoms with van der Waals surface area (Å²) in [5.74, 6) is -1.74. The van der Waals surface area contributed by atoms with E-state index in [9.17, 15) is 14.0 Å². The lowest BCUT2D eigenvalue weighted by Crippen LogP contribution is -2.39. The molecule has 1 aromatic carbocycles. The maximum absolute atomic E-state index is 13.0. The lowest BCUT2D eigenvalue weighted by molar-refractivity contribution is -0.144. The van der Waals surface area contributed by atoms with Crippen LogP contribution in [0.4, 0.5) is 10.1 Å². The highest BCUT2D eigenvalue weighted by molar-refractivity contribution is 6.00. The van der Waals surface area contributed by atoms with Crippen LogP contribution in [-0.4, -0.2) is 24.5 Å². The van der Waals surface area contributed by atoms with E-state index in [0.29, 0.717) is 0 Å². The van der Waals surface area contributed by atoms with Gasteiger partial charge in [0.15, 0.2) is 0 Å². The molecule has 0 aliphatic rings. The Hall–Kier alpha value is -2.11. The van der Waals surface area contributed by atoms with Crippen LogP contribution in [0.1, 0.15) is 24.2 Å². The Bertz CT molecular complexity index is 463. The zero-order valence-electron chi connectivity index (χ0n) is 10.2. The minimum atomic E-state index is -0.819. The minimum Gasteiger partial charge on any atom is -0.464 e. The first-order valence-electron chi connectivity index (χ1n) is 5.48. The molecular formula is C12H15FN2O3. The summed E-state index contributed by atoms with van der Waals surface area (Å²) in [5, 5.41) is 2.39.